The smallest absolute Gasteiger partial charge is 0.227 e. The standard InChI is InChI=1S/C43H28N2O/c1-2-10-29(11-3-1)30-19-23-33(24-20-30)45(34-25-21-32(22-26-34)36-17-8-13-31-12-4-5-14-35(31)36)41-28-40-39-18-9-27-44-43(39)46-42(40)38-16-7-6-15-37(38)41/h1-28H. The molecule has 2 aromatic heterocycles. The van der Waals surface area contributed by atoms with Crippen molar-refractivity contribution in [2.75, 3.05) is 4.90 Å². The van der Waals surface area contributed by atoms with Crippen LogP contribution < -0.4 is 4.90 Å². The maximum atomic E-state index is 6.35. The Bertz CT molecular complexity index is 2510. The van der Waals surface area contributed by atoms with Crippen molar-refractivity contribution in [1.29, 1.82) is 0 Å². The fourth-order valence-corrected chi connectivity index (χ4v) is 6.73. The fraction of sp³-hybridized carbons (Fsp3) is 0. The molecule has 0 fully saturated rings. The second-order valence-corrected chi connectivity index (χ2v) is 11.6. The minimum Gasteiger partial charge on any atom is -0.437 e. The SMILES string of the molecule is c1ccc(-c2ccc(N(c3ccc(-c4cccc5ccccc45)cc3)c3cc4c5cccnc5oc4c4ccccc34)cc2)cc1. The van der Waals surface area contributed by atoms with Crippen LogP contribution in [0.4, 0.5) is 17.1 Å². The van der Waals surface area contributed by atoms with E-state index in [0.717, 1.165) is 44.2 Å². The number of rotatable bonds is 5. The maximum Gasteiger partial charge on any atom is 0.227 e. The number of aromatic nitrogens is 1. The molecule has 0 radical (unpaired) electrons. The van der Waals surface area contributed by atoms with E-state index in [2.05, 4.69) is 168 Å². The van der Waals surface area contributed by atoms with Gasteiger partial charge in [-0.2, -0.15) is 0 Å². The Morgan fingerprint density at radius 3 is 1.83 bits per heavy atom. The van der Waals surface area contributed by atoms with Crippen LogP contribution >= 0.6 is 0 Å². The number of nitrogens with zero attached hydrogens (tertiary/aromatic N) is 2. The van der Waals surface area contributed by atoms with Gasteiger partial charge in [0.2, 0.25) is 5.71 Å². The van der Waals surface area contributed by atoms with E-state index in [1.165, 1.54) is 33.0 Å². The third-order valence-electron chi connectivity index (χ3n) is 8.93. The Morgan fingerprint density at radius 1 is 0.435 bits per heavy atom. The first-order valence-electron chi connectivity index (χ1n) is 15.5. The third-order valence-corrected chi connectivity index (χ3v) is 8.93. The molecule has 0 saturated heterocycles. The first-order valence-corrected chi connectivity index (χ1v) is 15.5. The van der Waals surface area contributed by atoms with Gasteiger partial charge in [0.1, 0.15) is 5.58 Å². The highest BCUT2D eigenvalue weighted by Gasteiger charge is 2.20. The summed E-state index contributed by atoms with van der Waals surface area (Å²) in [6, 6.07) is 58.2. The summed E-state index contributed by atoms with van der Waals surface area (Å²) in [6.45, 7) is 0. The van der Waals surface area contributed by atoms with Crippen LogP contribution in [-0.4, -0.2) is 4.98 Å². The Kier molecular flexibility index (Phi) is 6.14. The van der Waals surface area contributed by atoms with Gasteiger partial charge in [-0.1, -0.05) is 121 Å². The van der Waals surface area contributed by atoms with Crippen molar-refractivity contribution in [3.8, 4) is 22.3 Å². The number of benzene rings is 7. The molecule has 3 heteroatoms. The summed E-state index contributed by atoms with van der Waals surface area (Å²) < 4.78 is 6.35. The molecule has 0 N–H and O–H groups in total. The molecule has 0 amide bonds. The summed E-state index contributed by atoms with van der Waals surface area (Å²) in [5.41, 5.74) is 9.54. The highest BCUT2D eigenvalue weighted by Crippen LogP contribution is 2.45. The Morgan fingerprint density at radius 2 is 1.04 bits per heavy atom. The Labute approximate surface area is 266 Å². The lowest BCUT2D eigenvalue weighted by Crippen LogP contribution is -2.10. The van der Waals surface area contributed by atoms with Gasteiger partial charge in [0.05, 0.1) is 5.69 Å². The van der Waals surface area contributed by atoms with Crippen LogP contribution in [0, 0.1) is 0 Å². The van der Waals surface area contributed by atoms with Gasteiger partial charge in [-0.3, -0.25) is 0 Å². The highest BCUT2D eigenvalue weighted by molar-refractivity contribution is 6.19. The number of hydrogen-bond donors (Lipinski definition) is 0. The molecule has 0 spiro atoms. The molecule has 0 aliphatic heterocycles. The molecule has 0 aliphatic rings. The Balaban J connectivity index is 1.26. The predicted molar refractivity (Wildman–Crippen MR) is 192 cm³/mol. The minimum atomic E-state index is 0.651. The molecule has 0 saturated carbocycles. The van der Waals surface area contributed by atoms with Gasteiger partial charge in [0, 0.05) is 39.1 Å². The normalized spacial score (nSPS) is 11.5. The number of fused-ring (bicyclic) bond motifs is 6. The lowest BCUT2D eigenvalue weighted by molar-refractivity contribution is 0.657. The summed E-state index contributed by atoms with van der Waals surface area (Å²) in [5, 5.41) is 6.73. The van der Waals surface area contributed by atoms with Crippen LogP contribution in [0.1, 0.15) is 0 Å². The van der Waals surface area contributed by atoms with E-state index in [4.69, 9.17) is 4.42 Å². The third kappa shape index (κ3) is 4.33. The molecule has 3 nitrogen and oxygen atoms in total. The van der Waals surface area contributed by atoms with Gasteiger partial charge in [-0.25, -0.2) is 4.98 Å². The molecule has 0 bridgehead atoms. The minimum absolute atomic E-state index is 0.651. The van der Waals surface area contributed by atoms with E-state index in [1.54, 1.807) is 6.20 Å². The average molecular weight is 589 g/mol. The van der Waals surface area contributed by atoms with E-state index in [9.17, 15) is 0 Å². The van der Waals surface area contributed by atoms with Crippen LogP contribution in [0.15, 0.2) is 174 Å². The van der Waals surface area contributed by atoms with Gasteiger partial charge < -0.3 is 9.32 Å². The average Bonchev–Trinajstić information content (AvgIpc) is 3.51. The molecule has 0 atom stereocenters. The van der Waals surface area contributed by atoms with Crippen LogP contribution in [0.3, 0.4) is 0 Å². The summed E-state index contributed by atoms with van der Waals surface area (Å²) in [7, 11) is 0. The highest BCUT2D eigenvalue weighted by atomic mass is 16.3. The predicted octanol–water partition coefficient (Wildman–Crippen LogP) is 12.1. The zero-order chi connectivity index (χ0) is 30.5. The molecule has 7 aromatic carbocycles. The van der Waals surface area contributed by atoms with Crippen molar-refractivity contribution in [3.63, 3.8) is 0 Å². The second-order valence-electron chi connectivity index (χ2n) is 11.6. The molecule has 9 rings (SSSR count). The van der Waals surface area contributed by atoms with Crippen molar-refractivity contribution in [2.45, 2.75) is 0 Å². The molecule has 2 heterocycles. The van der Waals surface area contributed by atoms with E-state index in [1.807, 2.05) is 6.07 Å². The monoisotopic (exact) mass is 588 g/mol. The summed E-state index contributed by atoms with van der Waals surface area (Å²) >= 11 is 0. The number of anilines is 3. The Hall–Kier alpha value is -6.19. The lowest BCUT2D eigenvalue weighted by Gasteiger charge is -2.27. The van der Waals surface area contributed by atoms with E-state index < -0.39 is 0 Å². The van der Waals surface area contributed by atoms with Gasteiger partial charge in [0.25, 0.3) is 0 Å². The van der Waals surface area contributed by atoms with Crippen molar-refractivity contribution in [2.24, 2.45) is 0 Å². The van der Waals surface area contributed by atoms with E-state index in [0.29, 0.717) is 5.71 Å². The molecule has 216 valence electrons. The summed E-state index contributed by atoms with van der Waals surface area (Å²) in [4.78, 5) is 6.89. The van der Waals surface area contributed by atoms with Crippen molar-refractivity contribution in [1.82, 2.24) is 4.98 Å². The fourth-order valence-electron chi connectivity index (χ4n) is 6.73. The number of furan rings is 1. The van der Waals surface area contributed by atoms with Crippen LogP contribution in [0.25, 0.3) is 65.9 Å². The van der Waals surface area contributed by atoms with E-state index >= 15 is 0 Å². The summed E-state index contributed by atoms with van der Waals surface area (Å²) in [6.07, 6.45) is 1.78. The van der Waals surface area contributed by atoms with E-state index in [-0.39, 0.29) is 0 Å². The van der Waals surface area contributed by atoms with Gasteiger partial charge in [0.15, 0.2) is 0 Å². The second kappa shape index (κ2) is 10.8. The molecule has 0 aliphatic carbocycles. The molecule has 46 heavy (non-hydrogen) atoms. The van der Waals surface area contributed by atoms with Crippen molar-refractivity contribution < 1.29 is 4.42 Å². The number of hydrogen-bond acceptors (Lipinski definition) is 3. The summed E-state index contributed by atoms with van der Waals surface area (Å²) in [5.74, 6) is 0. The maximum absolute atomic E-state index is 6.35. The molecular formula is C43H28N2O. The van der Waals surface area contributed by atoms with Crippen LogP contribution in [-0.2, 0) is 0 Å². The van der Waals surface area contributed by atoms with Crippen LogP contribution in [0.5, 0.6) is 0 Å². The van der Waals surface area contributed by atoms with Gasteiger partial charge in [-0.15, -0.1) is 0 Å². The number of pyridine rings is 1. The first-order chi connectivity index (χ1) is 22.8. The quantitative estimate of drug-likeness (QED) is 0.200. The molecular weight excluding hydrogens is 560 g/mol. The zero-order valence-electron chi connectivity index (χ0n) is 25.0. The lowest BCUT2D eigenvalue weighted by atomic mass is 9.97. The zero-order valence-corrected chi connectivity index (χ0v) is 25.0. The van der Waals surface area contributed by atoms with Crippen molar-refractivity contribution >= 4 is 60.7 Å². The topological polar surface area (TPSA) is 29.3 Å². The van der Waals surface area contributed by atoms with Crippen LogP contribution in [0.2, 0.25) is 0 Å². The largest absolute Gasteiger partial charge is 0.437 e. The van der Waals surface area contributed by atoms with Crippen molar-refractivity contribution in [3.05, 3.63) is 170 Å². The van der Waals surface area contributed by atoms with Gasteiger partial charge in [-0.05, 0) is 75.5 Å². The van der Waals surface area contributed by atoms with Gasteiger partial charge >= 0.3 is 0 Å². The first kappa shape index (κ1) is 26.2. The molecule has 0 unspecified atom stereocenters. The molecule has 9 aromatic rings.